The highest BCUT2D eigenvalue weighted by Gasteiger charge is 2.10. The average molecular weight is 365 g/mol. The summed E-state index contributed by atoms with van der Waals surface area (Å²) in [7, 11) is 0. The van der Waals surface area contributed by atoms with Crippen LogP contribution >= 0.6 is 31.9 Å². The molecule has 1 atom stereocenters. The molecular weight excluding hydrogens is 346 g/mol. The third-order valence-corrected chi connectivity index (χ3v) is 3.67. The minimum Gasteiger partial charge on any atom is -0.492 e. The Morgan fingerprint density at radius 1 is 1.29 bits per heavy atom. The Labute approximate surface area is 120 Å². The molecule has 0 aliphatic heterocycles. The van der Waals surface area contributed by atoms with Crippen molar-refractivity contribution in [2.45, 2.75) is 39.8 Å². The van der Waals surface area contributed by atoms with Crippen molar-refractivity contribution in [3.05, 3.63) is 26.6 Å². The third-order valence-electron chi connectivity index (χ3n) is 2.63. The van der Waals surface area contributed by atoms with Gasteiger partial charge in [0.1, 0.15) is 5.75 Å². The minimum absolute atomic E-state index is 0.516. The fraction of sp³-hybridized carbons (Fsp3) is 0.538. The van der Waals surface area contributed by atoms with Gasteiger partial charge in [0.2, 0.25) is 0 Å². The molecule has 0 bridgehead atoms. The van der Waals surface area contributed by atoms with Crippen LogP contribution in [0.1, 0.15) is 32.8 Å². The van der Waals surface area contributed by atoms with Gasteiger partial charge in [-0.3, -0.25) is 0 Å². The summed E-state index contributed by atoms with van der Waals surface area (Å²) in [5, 5.41) is 3.48. The van der Waals surface area contributed by atoms with E-state index in [0.29, 0.717) is 12.6 Å². The summed E-state index contributed by atoms with van der Waals surface area (Å²) >= 11 is 7.05. The first-order valence-electron chi connectivity index (χ1n) is 5.92. The summed E-state index contributed by atoms with van der Waals surface area (Å²) in [5.74, 6) is 0.937. The molecule has 0 saturated carbocycles. The Bertz CT molecular complexity index is 369. The van der Waals surface area contributed by atoms with E-state index in [1.54, 1.807) is 0 Å². The molecule has 0 heterocycles. The van der Waals surface area contributed by atoms with E-state index in [1.807, 2.05) is 13.0 Å². The first-order chi connectivity index (χ1) is 8.08. The Morgan fingerprint density at radius 3 is 2.59 bits per heavy atom. The van der Waals surface area contributed by atoms with Crippen molar-refractivity contribution in [3.8, 4) is 5.75 Å². The van der Waals surface area contributed by atoms with E-state index < -0.39 is 0 Å². The van der Waals surface area contributed by atoms with E-state index >= 15 is 0 Å². The van der Waals surface area contributed by atoms with Gasteiger partial charge in [-0.05, 0) is 48.3 Å². The van der Waals surface area contributed by atoms with Gasteiger partial charge in [0.25, 0.3) is 0 Å². The molecule has 0 amide bonds. The van der Waals surface area contributed by atoms with Crippen molar-refractivity contribution >= 4 is 31.9 Å². The fourth-order valence-electron chi connectivity index (χ4n) is 1.48. The zero-order chi connectivity index (χ0) is 12.8. The lowest BCUT2D eigenvalue weighted by atomic mass is 10.1. The van der Waals surface area contributed by atoms with Crippen LogP contribution in [-0.4, -0.2) is 12.6 Å². The van der Waals surface area contributed by atoms with Gasteiger partial charge in [0.15, 0.2) is 0 Å². The highest BCUT2D eigenvalue weighted by atomic mass is 79.9. The van der Waals surface area contributed by atoms with E-state index in [-0.39, 0.29) is 0 Å². The van der Waals surface area contributed by atoms with Crippen LogP contribution in [0.5, 0.6) is 5.75 Å². The van der Waals surface area contributed by atoms with Gasteiger partial charge < -0.3 is 10.1 Å². The number of nitrogens with one attached hydrogen (secondary N) is 1. The molecule has 2 nitrogen and oxygen atoms in total. The molecule has 0 spiro atoms. The molecule has 1 unspecified atom stereocenters. The Hall–Kier alpha value is -0.0600. The number of rotatable bonds is 6. The first-order valence-corrected chi connectivity index (χ1v) is 7.51. The molecule has 0 aromatic heterocycles. The van der Waals surface area contributed by atoms with Gasteiger partial charge in [-0.25, -0.2) is 0 Å². The monoisotopic (exact) mass is 363 g/mol. The van der Waals surface area contributed by atoms with Crippen LogP contribution in [-0.2, 0) is 6.54 Å². The number of benzene rings is 1. The van der Waals surface area contributed by atoms with Gasteiger partial charge in [-0.1, -0.05) is 22.9 Å². The number of ether oxygens (including phenoxy) is 1. The molecule has 17 heavy (non-hydrogen) atoms. The van der Waals surface area contributed by atoms with E-state index in [9.17, 15) is 0 Å². The van der Waals surface area contributed by atoms with Crippen molar-refractivity contribution in [1.82, 2.24) is 5.32 Å². The van der Waals surface area contributed by atoms with Crippen LogP contribution in [0.25, 0.3) is 0 Å². The largest absolute Gasteiger partial charge is 0.492 e. The Balaban J connectivity index is 2.87. The van der Waals surface area contributed by atoms with Crippen LogP contribution in [0.4, 0.5) is 0 Å². The predicted molar refractivity (Wildman–Crippen MR) is 79.6 cm³/mol. The Morgan fingerprint density at radius 2 is 2.00 bits per heavy atom. The lowest BCUT2D eigenvalue weighted by Gasteiger charge is -2.16. The molecule has 0 aliphatic carbocycles. The predicted octanol–water partition coefficient (Wildman–Crippen LogP) is 4.50. The molecule has 0 saturated heterocycles. The number of hydrogen-bond acceptors (Lipinski definition) is 2. The highest BCUT2D eigenvalue weighted by molar-refractivity contribution is 9.11. The smallest absolute Gasteiger partial charge is 0.138 e. The van der Waals surface area contributed by atoms with Crippen molar-refractivity contribution in [2.24, 2.45) is 0 Å². The molecule has 0 aliphatic rings. The van der Waals surface area contributed by atoms with E-state index in [4.69, 9.17) is 4.74 Å². The number of hydrogen-bond donors (Lipinski definition) is 1. The average Bonchev–Trinajstić information content (AvgIpc) is 2.29. The van der Waals surface area contributed by atoms with Gasteiger partial charge in [-0.2, -0.15) is 0 Å². The maximum Gasteiger partial charge on any atom is 0.138 e. The maximum absolute atomic E-state index is 5.68. The van der Waals surface area contributed by atoms with Crippen LogP contribution in [0, 0.1) is 0 Å². The summed E-state index contributed by atoms with van der Waals surface area (Å²) in [6.45, 7) is 7.87. The fourth-order valence-corrected chi connectivity index (χ4v) is 2.91. The van der Waals surface area contributed by atoms with Gasteiger partial charge in [0.05, 0.1) is 11.1 Å². The van der Waals surface area contributed by atoms with Crippen molar-refractivity contribution in [3.63, 3.8) is 0 Å². The van der Waals surface area contributed by atoms with E-state index in [2.05, 4.69) is 57.1 Å². The second-order valence-corrected chi connectivity index (χ2v) is 5.77. The van der Waals surface area contributed by atoms with Crippen molar-refractivity contribution < 1.29 is 4.74 Å². The standard InChI is InChI=1S/C13H19Br2NO/c1-4-9(3)16-8-10-6-11(14)7-12(15)13(10)17-5-2/h6-7,9,16H,4-5,8H2,1-3H3. The van der Waals surface area contributed by atoms with Crippen LogP contribution in [0.3, 0.4) is 0 Å². The topological polar surface area (TPSA) is 21.3 Å². The molecular formula is C13H19Br2NO. The van der Waals surface area contributed by atoms with E-state index in [1.165, 1.54) is 5.56 Å². The highest BCUT2D eigenvalue weighted by Crippen LogP contribution is 2.33. The molecule has 96 valence electrons. The minimum atomic E-state index is 0.516. The van der Waals surface area contributed by atoms with Gasteiger partial charge >= 0.3 is 0 Å². The molecule has 1 rings (SSSR count). The summed E-state index contributed by atoms with van der Waals surface area (Å²) in [4.78, 5) is 0. The lowest BCUT2D eigenvalue weighted by Crippen LogP contribution is -2.24. The molecule has 0 fully saturated rings. The Kier molecular flexibility index (Phi) is 6.52. The summed E-state index contributed by atoms with van der Waals surface area (Å²) in [6, 6.07) is 4.63. The van der Waals surface area contributed by atoms with E-state index in [0.717, 1.165) is 27.7 Å². The first kappa shape index (κ1) is 15.0. The second-order valence-electron chi connectivity index (χ2n) is 4.00. The van der Waals surface area contributed by atoms with Gasteiger partial charge in [0, 0.05) is 22.6 Å². The molecule has 1 N–H and O–H groups in total. The zero-order valence-electron chi connectivity index (χ0n) is 10.5. The second kappa shape index (κ2) is 7.39. The van der Waals surface area contributed by atoms with Crippen LogP contribution < -0.4 is 10.1 Å². The summed E-state index contributed by atoms with van der Waals surface area (Å²) in [6.07, 6.45) is 1.12. The molecule has 0 radical (unpaired) electrons. The third kappa shape index (κ3) is 4.60. The number of halogens is 2. The van der Waals surface area contributed by atoms with Crippen LogP contribution in [0.2, 0.25) is 0 Å². The quantitative estimate of drug-likeness (QED) is 0.802. The summed E-state index contributed by atoms with van der Waals surface area (Å²) in [5.41, 5.74) is 1.17. The lowest BCUT2D eigenvalue weighted by molar-refractivity contribution is 0.332. The van der Waals surface area contributed by atoms with Crippen molar-refractivity contribution in [1.29, 1.82) is 0 Å². The van der Waals surface area contributed by atoms with Crippen LogP contribution in [0.15, 0.2) is 21.1 Å². The van der Waals surface area contributed by atoms with Gasteiger partial charge in [-0.15, -0.1) is 0 Å². The zero-order valence-corrected chi connectivity index (χ0v) is 13.7. The van der Waals surface area contributed by atoms with Crippen molar-refractivity contribution in [2.75, 3.05) is 6.61 Å². The molecule has 4 heteroatoms. The molecule has 1 aromatic rings. The normalized spacial score (nSPS) is 12.5. The maximum atomic E-state index is 5.68. The summed E-state index contributed by atoms with van der Waals surface area (Å²) < 4.78 is 7.74. The molecule has 1 aromatic carbocycles. The SMILES string of the molecule is CCOc1c(Br)cc(Br)cc1CNC(C)CC.